The van der Waals surface area contributed by atoms with Gasteiger partial charge in [0.15, 0.2) is 29.6 Å². The Morgan fingerprint density at radius 1 is 1.24 bits per heavy atom. The fourth-order valence-corrected chi connectivity index (χ4v) is 3.30. The summed E-state index contributed by atoms with van der Waals surface area (Å²) in [5.41, 5.74) is 7.61. The molecule has 2 heterocycles. The number of nitrogens with two attached hydrogens (primary N) is 1. The number of rotatable bonds is 7. The van der Waals surface area contributed by atoms with Gasteiger partial charge in [-0.3, -0.25) is 0 Å². The molecule has 8 heteroatoms. The summed E-state index contributed by atoms with van der Waals surface area (Å²) in [5.74, 6) is 1.62. The molecule has 1 aliphatic heterocycles. The predicted molar refractivity (Wildman–Crippen MR) is 105 cm³/mol. The first kappa shape index (κ1) is 18.8. The van der Waals surface area contributed by atoms with E-state index >= 15 is 0 Å². The summed E-state index contributed by atoms with van der Waals surface area (Å²) < 4.78 is 27.6. The van der Waals surface area contributed by atoms with Crippen LogP contribution in [0.15, 0.2) is 41.0 Å². The van der Waals surface area contributed by atoms with E-state index in [1.807, 2.05) is 24.3 Å². The molecule has 0 amide bonds. The average molecular weight is 398 g/mol. The highest BCUT2D eigenvalue weighted by atomic mass is 16.7. The minimum Gasteiger partial charge on any atom is -0.493 e. The van der Waals surface area contributed by atoms with E-state index in [0.29, 0.717) is 47.1 Å². The fraction of sp³-hybridized carbons (Fsp3) is 0.238. The lowest BCUT2D eigenvalue weighted by Gasteiger charge is -2.10. The Balaban J connectivity index is 1.81. The summed E-state index contributed by atoms with van der Waals surface area (Å²) >= 11 is 0. The molecule has 8 nitrogen and oxygen atoms in total. The molecule has 0 bridgehead atoms. The summed E-state index contributed by atoms with van der Waals surface area (Å²) in [6.45, 7) is 0.171. The zero-order valence-electron chi connectivity index (χ0n) is 15.8. The highest BCUT2D eigenvalue weighted by Gasteiger charge is 2.25. The van der Waals surface area contributed by atoms with Crippen molar-refractivity contribution in [3.8, 4) is 34.3 Å². The van der Waals surface area contributed by atoms with E-state index in [1.54, 1.807) is 6.07 Å². The Morgan fingerprint density at radius 3 is 2.76 bits per heavy atom. The number of ether oxygens (including phenoxy) is 4. The van der Waals surface area contributed by atoms with Crippen LogP contribution in [0.1, 0.15) is 5.56 Å². The normalized spacial score (nSPS) is 12.2. The number of carboxylic acids is 1. The van der Waals surface area contributed by atoms with Gasteiger partial charge in [-0.1, -0.05) is 0 Å². The maximum atomic E-state index is 10.9. The number of carboxylic acid groups (broad SMARTS) is 1. The lowest BCUT2D eigenvalue weighted by atomic mass is 10.00. The van der Waals surface area contributed by atoms with Crippen LogP contribution < -0.4 is 24.7 Å². The number of fused-ring (bicyclic) bond motifs is 2. The van der Waals surface area contributed by atoms with Crippen LogP contribution in [0.25, 0.3) is 22.1 Å². The largest absolute Gasteiger partial charge is 0.493 e. The molecule has 150 valence electrons. The summed E-state index contributed by atoms with van der Waals surface area (Å²) in [6.07, 6.45) is 2.18. The summed E-state index contributed by atoms with van der Waals surface area (Å²) in [4.78, 5) is 10.9. The molecule has 29 heavy (non-hydrogen) atoms. The minimum atomic E-state index is -1.08. The summed E-state index contributed by atoms with van der Waals surface area (Å²) in [5, 5.41) is 10.4. The molecular formula is C21H20NO7+. The van der Waals surface area contributed by atoms with E-state index in [4.69, 9.17) is 34.2 Å². The molecule has 2 aromatic carbocycles. The molecule has 3 aromatic rings. The van der Waals surface area contributed by atoms with Gasteiger partial charge in [0.25, 0.3) is 0 Å². The van der Waals surface area contributed by atoms with Crippen LogP contribution in [0.4, 0.5) is 0 Å². The number of carbonyl (C=O) groups is 1. The SMILES string of the molecule is COc1ccc2cc(-c3cc4c(cc3CCN)OCO4)[o+]cc2c1OCC(=O)O. The third kappa shape index (κ3) is 3.62. The van der Waals surface area contributed by atoms with Crippen molar-refractivity contribution in [3.63, 3.8) is 0 Å². The average Bonchev–Trinajstić information content (AvgIpc) is 3.18. The molecule has 0 spiro atoms. The molecule has 0 aliphatic carbocycles. The van der Waals surface area contributed by atoms with Gasteiger partial charge in [0.05, 0.1) is 18.7 Å². The zero-order valence-corrected chi connectivity index (χ0v) is 15.8. The van der Waals surface area contributed by atoms with Gasteiger partial charge in [0.2, 0.25) is 6.79 Å². The predicted octanol–water partition coefficient (Wildman–Crippen LogP) is 3.08. The van der Waals surface area contributed by atoms with E-state index in [0.717, 1.165) is 16.5 Å². The van der Waals surface area contributed by atoms with Crippen LogP contribution in [0.2, 0.25) is 0 Å². The van der Waals surface area contributed by atoms with Crippen molar-refractivity contribution < 1.29 is 33.3 Å². The van der Waals surface area contributed by atoms with Crippen molar-refractivity contribution in [1.29, 1.82) is 0 Å². The highest BCUT2D eigenvalue weighted by Crippen LogP contribution is 2.41. The Bertz CT molecular complexity index is 1080. The second-order valence-electron chi connectivity index (χ2n) is 6.43. The van der Waals surface area contributed by atoms with Crippen molar-refractivity contribution in [1.82, 2.24) is 0 Å². The molecule has 0 fully saturated rings. The van der Waals surface area contributed by atoms with E-state index in [1.165, 1.54) is 13.4 Å². The van der Waals surface area contributed by atoms with E-state index in [-0.39, 0.29) is 6.79 Å². The standard InChI is InChI=1S/C21H19NO7/c1-25-16-3-2-12-6-17(26-9-15(12)21(16)27-10-20(23)24)14-8-19-18(28-11-29-19)7-13(14)4-5-22/h2-3,6-9H,4-5,10-11,22H2,1H3/p+1. The van der Waals surface area contributed by atoms with Crippen molar-refractivity contribution >= 4 is 16.7 Å². The van der Waals surface area contributed by atoms with Gasteiger partial charge in [-0.2, -0.15) is 0 Å². The molecule has 0 saturated heterocycles. The van der Waals surface area contributed by atoms with Crippen molar-refractivity contribution in [2.75, 3.05) is 27.1 Å². The van der Waals surface area contributed by atoms with Crippen molar-refractivity contribution in [3.05, 3.63) is 42.2 Å². The first-order valence-corrected chi connectivity index (χ1v) is 9.01. The Kier molecular flexibility index (Phi) is 5.09. The number of methoxy groups -OCH3 is 1. The Morgan fingerprint density at radius 2 is 2.03 bits per heavy atom. The quantitative estimate of drug-likeness (QED) is 0.584. The molecule has 0 unspecified atom stereocenters. The zero-order chi connectivity index (χ0) is 20.4. The Hall–Kier alpha value is -3.52. The van der Waals surface area contributed by atoms with Gasteiger partial charge in [0, 0.05) is 11.5 Å². The molecule has 1 aromatic heterocycles. The second-order valence-corrected chi connectivity index (χ2v) is 6.43. The van der Waals surface area contributed by atoms with Crippen LogP contribution in [-0.4, -0.2) is 38.1 Å². The summed E-state index contributed by atoms with van der Waals surface area (Å²) in [7, 11) is 1.49. The monoisotopic (exact) mass is 398 g/mol. The second kappa shape index (κ2) is 7.84. The highest BCUT2D eigenvalue weighted by molar-refractivity contribution is 5.92. The number of benzene rings is 2. The topological polar surface area (TPSA) is 112 Å². The molecule has 0 radical (unpaired) electrons. The van der Waals surface area contributed by atoms with Crippen LogP contribution >= 0.6 is 0 Å². The van der Waals surface area contributed by atoms with Crippen LogP contribution in [0, 0.1) is 0 Å². The van der Waals surface area contributed by atoms with Gasteiger partial charge >= 0.3 is 18.0 Å². The van der Waals surface area contributed by atoms with Gasteiger partial charge in [0.1, 0.15) is 5.39 Å². The molecule has 0 saturated carbocycles. The van der Waals surface area contributed by atoms with Gasteiger partial charge in [-0.15, -0.1) is 0 Å². The first-order valence-electron chi connectivity index (χ1n) is 9.01. The molecule has 3 N–H and O–H groups in total. The minimum absolute atomic E-state index is 0.180. The van der Waals surface area contributed by atoms with Crippen LogP contribution in [-0.2, 0) is 11.2 Å². The summed E-state index contributed by atoms with van der Waals surface area (Å²) in [6, 6.07) is 9.24. The van der Waals surface area contributed by atoms with Gasteiger partial charge < -0.3 is 29.8 Å². The molecular weight excluding hydrogens is 378 g/mol. The number of aliphatic carboxylic acids is 1. The lowest BCUT2D eigenvalue weighted by molar-refractivity contribution is -0.139. The molecule has 0 atom stereocenters. The van der Waals surface area contributed by atoms with Crippen molar-refractivity contribution in [2.24, 2.45) is 5.73 Å². The van der Waals surface area contributed by atoms with E-state index in [2.05, 4.69) is 0 Å². The number of hydrogen-bond acceptors (Lipinski definition) is 6. The van der Waals surface area contributed by atoms with Crippen LogP contribution in [0.5, 0.6) is 23.0 Å². The van der Waals surface area contributed by atoms with E-state index < -0.39 is 12.6 Å². The maximum absolute atomic E-state index is 10.9. The smallest absolute Gasteiger partial charge is 0.360 e. The maximum Gasteiger partial charge on any atom is 0.360 e. The Labute approximate surface area is 166 Å². The van der Waals surface area contributed by atoms with Crippen LogP contribution in [0.3, 0.4) is 0 Å². The lowest BCUT2D eigenvalue weighted by Crippen LogP contribution is -2.10. The van der Waals surface area contributed by atoms with Gasteiger partial charge in [-0.25, -0.2) is 9.21 Å². The third-order valence-corrected chi connectivity index (χ3v) is 4.62. The first-order chi connectivity index (χ1) is 14.1. The van der Waals surface area contributed by atoms with Crippen molar-refractivity contribution in [2.45, 2.75) is 6.42 Å². The number of hydrogen-bond donors (Lipinski definition) is 2. The van der Waals surface area contributed by atoms with Gasteiger partial charge in [-0.05, 0) is 36.7 Å². The molecule has 1 aliphatic rings. The van der Waals surface area contributed by atoms with E-state index in [9.17, 15) is 4.79 Å². The fourth-order valence-electron chi connectivity index (χ4n) is 3.30. The molecule has 4 rings (SSSR count). The third-order valence-electron chi connectivity index (χ3n) is 4.62.